The van der Waals surface area contributed by atoms with Gasteiger partial charge in [0.15, 0.2) is 0 Å². The molecule has 1 fully saturated rings. The lowest BCUT2D eigenvalue weighted by Crippen LogP contribution is -2.38. The quantitative estimate of drug-likeness (QED) is 0.603. The predicted molar refractivity (Wildman–Crippen MR) is 91.0 cm³/mol. The number of anilines is 1. The summed E-state index contributed by atoms with van der Waals surface area (Å²) in [5, 5.41) is 8.76. The Bertz CT molecular complexity index is 834. The molecule has 2 heterocycles. The normalized spacial score (nSPS) is 15.3. The van der Waals surface area contributed by atoms with Crippen molar-refractivity contribution in [2.75, 3.05) is 18.0 Å². The van der Waals surface area contributed by atoms with E-state index in [1.54, 1.807) is 24.3 Å². The molecule has 1 aliphatic rings. The Labute approximate surface area is 154 Å². The van der Waals surface area contributed by atoms with Crippen LogP contribution in [-0.4, -0.2) is 24.0 Å². The SMILES string of the molecule is N#Cc1ccc(OC(=O)C2CCN(c3ccc(C(F)(F)F)cn3)CC2)cc1. The van der Waals surface area contributed by atoms with Gasteiger partial charge in [0, 0.05) is 19.3 Å². The maximum absolute atomic E-state index is 12.6. The van der Waals surface area contributed by atoms with E-state index in [4.69, 9.17) is 10.00 Å². The Morgan fingerprint density at radius 3 is 2.33 bits per heavy atom. The number of carbonyl (C=O) groups is 1. The third-order valence-electron chi connectivity index (χ3n) is 4.43. The Kier molecular flexibility index (Phi) is 5.31. The van der Waals surface area contributed by atoms with Gasteiger partial charge in [-0.3, -0.25) is 4.79 Å². The van der Waals surface area contributed by atoms with Gasteiger partial charge in [-0.05, 0) is 49.2 Å². The summed E-state index contributed by atoms with van der Waals surface area (Å²) in [5.41, 5.74) is -0.306. The van der Waals surface area contributed by atoms with Crippen molar-refractivity contribution in [3.05, 3.63) is 53.7 Å². The number of ether oxygens (including phenoxy) is 1. The summed E-state index contributed by atoms with van der Waals surface area (Å²) in [5.74, 6) is 0.207. The van der Waals surface area contributed by atoms with Gasteiger partial charge in [-0.15, -0.1) is 0 Å². The first-order valence-corrected chi connectivity index (χ1v) is 8.37. The van der Waals surface area contributed by atoms with E-state index in [2.05, 4.69) is 4.98 Å². The number of piperidine rings is 1. The number of aromatic nitrogens is 1. The summed E-state index contributed by atoms with van der Waals surface area (Å²) >= 11 is 0. The third kappa shape index (κ3) is 4.56. The number of hydrogen-bond donors (Lipinski definition) is 0. The maximum Gasteiger partial charge on any atom is 0.417 e. The van der Waals surface area contributed by atoms with Crippen molar-refractivity contribution in [3.63, 3.8) is 0 Å². The monoisotopic (exact) mass is 375 g/mol. The average molecular weight is 375 g/mol. The van der Waals surface area contributed by atoms with Crippen molar-refractivity contribution in [2.45, 2.75) is 19.0 Å². The zero-order chi connectivity index (χ0) is 19.4. The molecule has 0 atom stereocenters. The van der Waals surface area contributed by atoms with E-state index in [0.29, 0.717) is 43.1 Å². The van der Waals surface area contributed by atoms with Crippen LogP contribution < -0.4 is 9.64 Å². The minimum Gasteiger partial charge on any atom is -0.426 e. The highest BCUT2D eigenvalue weighted by Crippen LogP contribution is 2.30. The number of halogens is 3. The minimum atomic E-state index is -4.41. The van der Waals surface area contributed by atoms with Crippen LogP contribution in [-0.2, 0) is 11.0 Å². The molecule has 8 heteroatoms. The van der Waals surface area contributed by atoms with Crippen LogP contribution in [0.1, 0.15) is 24.0 Å². The molecule has 1 aromatic heterocycles. The van der Waals surface area contributed by atoms with Crippen LogP contribution in [0.5, 0.6) is 5.75 Å². The van der Waals surface area contributed by atoms with Gasteiger partial charge < -0.3 is 9.64 Å². The van der Waals surface area contributed by atoms with Crippen LogP contribution in [0.4, 0.5) is 19.0 Å². The second-order valence-corrected chi connectivity index (χ2v) is 6.22. The number of benzene rings is 1. The van der Waals surface area contributed by atoms with E-state index in [-0.39, 0.29) is 11.9 Å². The highest BCUT2D eigenvalue weighted by atomic mass is 19.4. The van der Waals surface area contributed by atoms with Gasteiger partial charge in [-0.1, -0.05) is 0 Å². The lowest BCUT2D eigenvalue weighted by molar-refractivity contribution is -0.140. The first-order valence-electron chi connectivity index (χ1n) is 8.37. The second kappa shape index (κ2) is 7.66. The predicted octanol–water partition coefficient (Wildman–Crippen LogP) is 3.79. The lowest BCUT2D eigenvalue weighted by atomic mass is 9.97. The van der Waals surface area contributed by atoms with E-state index in [1.165, 1.54) is 6.07 Å². The van der Waals surface area contributed by atoms with Gasteiger partial charge >= 0.3 is 12.1 Å². The van der Waals surface area contributed by atoms with Gasteiger partial charge in [0.1, 0.15) is 11.6 Å². The smallest absolute Gasteiger partial charge is 0.417 e. The van der Waals surface area contributed by atoms with Gasteiger partial charge in [0.2, 0.25) is 0 Å². The molecule has 1 saturated heterocycles. The number of nitrogens with zero attached hydrogens (tertiary/aromatic N) is 3. The molecule has 0 spiro atoms. The maximum atomic E-state index is 12.6. The fraction of sp³-hybridized carbons (Fsp3) is 0.316. The van der Waals surface area contributed by atoms with Crippen LogP contribution in [0.2, 0.25) is 0 Å². The largest absolute Gasteiger partial charge is 0.426 e. The van der Waals surface area contributed by atoms with Crippen molar-refractivity contribution < 1.29 is 22.7 Å². The van der Waals surface area contributed by atoms with E-state index >= 15 is 0 Å². The molecule has 3 rings (SSSR count). The average Bonchev–Trinajstić information content (AvgIpc) is 2.68. The molecule has 0 radical (unpaired) electrons. The minimum absolute atomic E-state index is 0.286. The van der Waals surface area contributed by atoms with Crippen LogP contribution in [0, 0.1) is 17.2 Å². The molecule has 0 aliphatic carbocycles. The Morgan fingerprint density at radius 1 is 1.15 bits per heavy atom. The van der Waals surface area contributed by atoms with Gasteiger partial charge in [-0.2, -0.15) is 18.4 Å². The summed E-state index contributed by atoms with van der Waals surface area (Å²) in [6.45, 7) is 1.01. The summed E-state index contributed by atoms with van der Waals surface area (Å²) in [6.07, 6.45) is -2.54. The molecule has 0 saturated carbocycles. The molecule has 0 N–H and O–H groups in total. The number of hydrogen-bond acceptors (Lipinski definition) is 5. The Morgan fingerprint density at radius 2 is 1.81 bits per heavy atom. The van der Waals surface area contributed by atoms with Crippen LogP contribution in [0.25, 0.3) is 0 Å². The van der Waals surface area contributed by atoms with E-state index < -0.39 is 11.7 Å². The van der Waals surface area contributed by atoms with Gasteiger partial charge in [-0.25, -0.2) is 4.98 Å². The first-order chi connectivity index (χ1) is 12.9. The second-order valence-electron chi connectivity index (χ2n) is 6.22. The van der Waals surface area contributed by atoms with Crippen molar-refractivity contribution in [1.29, 1.82) is 5.26 Å². The molecule has 1 aromatic carbocycles. The van der Waals surface area contributed by atoms with Gasteiger partial charge in [0.25, 0.3) is 0 Å². The molecular formula is C19H16F3N3O2. The number of carbonyl (C=O) groups excluding carboxylic acids is 1. The van der Waals surface area contributed by atoms with E-state index in [9.17, 15) is 18.0 Å². The third-order valence-corrected chi connectivity index (χ3v) is 4.43. The summed E-state index contributed by atoms with van der Waals surface area (Å²) in [7, 11) is 0. The van der Waals surface area contributed by atoms with E-state index in [1.807, 2.05) is 11.0 Å². The number of esters is 1. The first kappa shape index (κ1) is 18.7. The topological polar surface area (TPSA) is 66.2 Å². The fourth-order valence-electron chi connectivity index (χ4n) is 2.88. The molecule has 5 nitrogen and oxygen atoms in total. The standard InChI is InChI=1S/C19H16F3N3O2/c20-19(21,22)15-3-6-17(24-12-15)25-9-7-14(8-10-25)18(26)27-16-4-1-13(11-23)2-5-16/h1-6,12,14H,7-10H2. The summed E-state index contributed by atoms with van der Waals surface area (Å²) in [4.78, 5) is 18.0. The van der Waals surface area contributed by atoms with Crippen molar-refractivity contribution in [3.8, 4) is 11.8 Å². The molecule has 1 aliphatic heterocycles. The highest BCUT2D eigenvalue weighted by molar-refractivity contribution is 5.75. The molecule has 0 bridgehead atoms. The summed E-state index contributed by atoms with van der Waals surface area (Å²) < 4.78 is 43.1. The number of pyridine rings is 1. The van der Waals surface area contributed by atoms with Crippen molar-refractivity contribution >= 4 is 11.8 Å². The van der Waals surface area contributed by atoms with Crippen LogP contribution >= 0.6 is 0 Å². The molecule has 0 amide bonds. The molecule has 27 heavy (non-hydrogen) atoms. The highest BCUT2D eigenvalue weighted by Gasteiger charge is 2.31. The molecule has 0 unspecified atom stereocenters. The summed E-state index contributed by atoms with van der Waals surface area (Å²) in [6, 6.07) is 10.6. The number of rotatable bonds is 3. The molecule has 140 valence electrons. The van der Waals surface area contributed by atoms with Crippen LogP contribution in [0.3, 0.4) is 0 Å². The Hall–Kier alpha value is -3.08. The number of alkyl halides is 3. The lowest BCUT2D eigenvalue weighted by Gasteiger charge is -2.31. The molecule has 2 aromatic rings. The number of nitriles is 1. The van der Waals surface area contributed by atoms with Crippen molar-refractivity contribution in [1.82, 2.24) is 4.98 Å². The van der Waals surface area contributed by atoms with E-state index in [0.717, 1.165) is 12.3 Å². The van der Waals surface area contributed by atoms with Gasteiger partial charge in [0.05, 0.1) is 23.1 Å². The zero-order valence-electron chi connectivity index (χ0n) is 14.2. The molecular weight excluding hydrogens is 359 g/mol. The Balaban J connectivity index is 1.55. The van der Waals surface area contributed by atoms with Crippen LogP contribution in [0.15, 0.2) is 42.6 Å². The fourth-order valence-corrected chi connectivity index (χ4v) is 2.88. The van der Waals surface area contributed by atoms with Crippen molar-refractivity contribution in [2.24, 2.45) is 5.92 Å². The zero-order valence-corrected chi connectivity index (χ0v) is 14.2.